The van der Waals surface area contributed by atoms with E-state index in [-0.39, 0.29) is 35.4 Å². The van der Waals surface area contributed by atoms with Crippen LogP contribution < -0.4 is 0 Å². The lowest BCUT2D eigenvalue weighted by molar-refractivity contribution is -0.124. The van der Waals surface area contributed by atoms with Crippen molar-refractivity contribution in [1.29, 1.82) is 0 Å². The Morgan fingerprint density at radius 2 is 0.581 bits per heavy atom. The van der Waals surface area contributed by atoms with Gasteiger partial charge in [0.05, 0.1) is 54.5 Å². The number of hydrogen-bond acceptors (Lipinski definition) is 8. The quantitative estimate of drug-likeness (QED) is 0.0355. The Morgan fingerprint density at radius 3 is 0.919 bits per heavy atom. The number of amides is 6. The van der Waals surface area contributed by atoms with Gasteiger partial charge in [-0.05, 0) is 85.3 Å². The molecule has 6 heterocycles. The van der Waals surface area contributed by atoms with Gasteiger partial charge in [0.1, 0.15) is 0 Å². The van der Waals surface area contributed by atoms with Crippen LogP contribution in [0.15, 0.2) is 71.8 Å². The molecule has 4 aliphatic rings. The highest BCUT2D eigenvalue weighted by molar-refractivity contribution is 7.17. The normalized spacial score (nSPS) is 15.4. The molecule has 0 unspecified atom stereocenters. The van der Waals surface area contributed by atoms with Crippen LogP contribution in [0.3, 0.4) is 0 Å². The zero-order valence-corrected chi connectivity index (χ0v) is 46.3. The fourth-order valence-electron chi connectivity index (χ4n) is 11.1. The fraction of sp³-hybridized carbons (Fsp3) is 0.516. The van der Waals surface area contributed by atoms with Gasteiger partial charge in [-0.15, -0.1) is 22.7 Å². The summed E-state index contributed by atoms with van der Waals surface area (Å²) in [5.41, 5.74) is 5.50. The van der Waals surface area contributed by atoms with Crippen molar-refractivity contribution in [2.75, 3.05) is 26.2 Å². The SMILES string of the molecule is CCCCCCCCN1C(=O)c2ccc(-c3ccc(C4=C5C(=O)N(CCCCCCCC)C(c6ccc(-c7ccc8c(c7)C(=O)N(CCCCCCCC)C8=O)s6)=C5C(=O)N4CCCCCCCC)s3)cc2C1=O. The molecule has 4 aromatic rings. The van der Waals surface area contributed by atoms with E-state index in [1.54, 1.807) is 12.1 Å². The maximum Gasteiger partial charge on any atom is 0.261 e. The highest BCUT2D eigenvalue weighted by atomic mass is 32.1. The molecule has 2 aromatic heterocycles. The number of nitrogens with zero attached hydrogens (tertiary/aromatic N) is 4. The maximum absolute atomic E-state index is 15.3. The number of carbonyl (C=O) groups excluding carboxylic acids is 6. The van der Waals surface area contributed by atoms with Gasteiger partial charge in [-0.2, -0.15) is 0 Å². The Hall–Kier alpha value is -5.46. The molecule has 6 amide bonds. The Kier molecular flexibility index (Phi) is 19.5. The number of unbranched alkanes of at least 4 members (excludes halogenated alkanes) is 20. The smallest absolute Gasteiger partial charge is 0.261 e. The van der Waals surface area contributed by atoms with Crippen LogP contribution >= 0.6 is 22.7 Å². The lowest BCUT2D eigenvalue weighted by atomic mass is 10.0. The fourth-order valence-corrected chi connectivity index (χ4v) is 13.2. The molecule has 4 aliphatic heterocycles. The summed E-state index contributed by atoms with van der Waals surface area (Å²) in [6.07, 6.45) is 25.5. The van der Waals surface area contributed by atoms with Gasteiger partial charge in [0, 0.05) is 35.9 Å². The van der Waals surface area contributed by atoms with E-state index in [1.807, 2.05) is 58.3 Å². The average Bonchev–Trinajstić information content (AvgIpc) is 4.27. The topological polar surface area (TPSA) is 115 Å². The Labute approximate surface area is 448 Å². The van der Waals surface area contributed by atoms with E-state index in [1.165, 1.54) is 83.8 Å². The van der Waals surface area contributed by atoms with Crippen LogP contribution in [0.4, 0.5) is 0 Å². The third-order valence-corrected chi connectivity index (χ3v) is 17.6. The highest BCUT2D eigenvalue weighted by Crippen LogP contribution is 2.50. The van der Waals surface area contributed by atoms with Crippen molar-refractivity contribution < 1.29 is 28.8 Å². The van der Waals surface area contributed by atoms with Gasteiger partial charge in [-0.3, -0.25) is 38.6 Å². The third-order valence-electron chi connectivity index (χ3n) is 15.3. The predicted molar refractivity (Wildman–Crippen MR) is 301 cm³/mol. The summed E-state index contributed by atoms with van der Waals surface area (Å²) in [4.78, 5) is 94.7. The summed E-state index contributed by atoms with van der Waals surface area (Å²) in [7, 11) is 0. The van der Waals surface area contributed by atoms with Gasteiger partial charge in [0.25, 0.3) is 35.4 Å². The first kappa shape index (κ1) is 54.8. The van der Waals surface area contributed by atoms with E-state index in [2.05, 4.69) is 27.7 Å². The second-order valence-corrected chi connectivity index (χ2v) is 23.0. The summed E-state index contributed by atoms with van der Waals surface area (Å²) in [6, 6.07) is 19.0. The number of fused-ring (bicyclic) bond motifs is 3. The number of hydrogen-bond donors (Lipinski definition) is 0. The first-order valence-electron chi connectivity index (χ1n) is 28.5. The number of thiophene rings is 2. The molecule has 0 aliphatic carbocycles. The molecule has 10 nitrogen and oxygen atoms in total. The van der Waals surface area contributed by atoms with E-state index < -0.39 is 0 Å². The molecule has 0 fully saturated rings. The predicted octanol–water partition coefficient (Wildman–Crippen LogP) is 15.6. The summed E-state index contributed by atoms with van der Waals surface area (Å²) in [5.74, 6) is -1.30. The molecule has 74 heavy (non-hydrogen) atoms. The van der Waals surface area contributed by atoms with Crippen LogP contribution in [0.25, 0.3) is 32.3 Å². The van der Waals surface area contributed by atoms with Crippen molar-refractivity contribution >= 4 is 69.5 Å². The van der Waals surface area contributed by atoms with Gasteiger partial charge < -0.3 is 9.80 Å². The van der Waals surface area contributed by atoms with Gasteiger partial charge >= 0.3 is 0 Å². The molecule has 0 N–H and O–H groups in total. The molecule has 2 aromatic carbocycles. The summed E-state index contributed by atoms with van der Waals surface area (Å²) >= 11 is 3.00. The van der Waals surface area contributed by atoms with Crippen LogP contribution in [0, 0.1) is 0 Å². The second-order valence-electron chi connectivity index (χ2n) is 20.8. The summed E-state index contributed by atoms with van der Waals surface area (Å²) < 4.78 is 0. The number of imide groups is 2. The van der Waals surface area contributed by atoms with Crippen LogP contribution in [-0.4, -0.2) is 81.2 Å². The molecule has 394 valence electrons. The van der Waals surface area contributed by atoms with E-state index in [0.29, 0.717) is 71.0 Å². The monoisotopic (exact) mass is 1040 g/mol. The lowest BCUT2D eigenvalue weighted by Crippen LogP contribution is -2.30. The number of carbonyl (C=O) groups is 6. The van der Waals surface area contributed by atoms with Crippen LogP contribution in [0.1, 0.15) is 233 Å². The molecule has 0 atom stereocenters. The van der Waals surface area contributed by atoms with Crippen molar-refractivity contribution in [2.45, 2.75) is 182 Å². The van der Waals surface area contributed by atoms with E-state index in [0.717, 1.165) is 133 Å². The van der Waals surface area contributed by atoms with Crippen molar-refractivity contribution in [2.24, 2.45) is 0 Å². The van der Waals surface area contributed by atoms with Gasteiger partial charge in [0.2, 0.25) is 0 Å². The zero-order chi connectivity index (χ0) is 52.1. The summed E-state index contributed by atoms with van der Waals surface area (Å²) in [5, 5.41) is 0. The largest absolute Gasteiger partial charge is 0.306 e. The molecular weight excluding hydrogens is 961 g/mol. The first-order chi connectivity index (χ1) is 36.1. The minimum absolute atomic E-state index is 0.165. The van der Waals surface area contributed by atoms with E-state index in [9.17, 15) is 19.2 Å². The Morgan fingerprint density at radius 1 is 0.297 bits per heavy atom. The molecule has 8 rings (SSSR count). The molecule has 0 radical (unpaired) electrons. The van der Waals surface area contributed by atoms with Gasteiger partial charge in [0.15, 0.2) is 0 Å². The second kappa shape index (κ2) is 26.3. The number of benzene rings is 2. The highest BCUT2D eigenvalue weighted by Gasteiger charge is 2.49. The van der Waals surface area contributed by atoms with Crippen molar-refractivity contribution in [3.63, 3.8) is 0 Å². The first-order valence-corrected chi connectivity index (χ1v) is 30.1. The Bertz CT molecular complexity index is 2580. The standard InChI is InChI=1S/C62H78N4O6S2/c1-5-9-13-17-21-25-37-63-55(51-35-33-49(73-51)43-29-31-45-47(41-43)59(69)65(57(45)67)39-27-23-19-15-11-7-3)53-54(61(63)71)56(64(62(53)72)38-26-22-18-14-10-6-2)52-36-34-50(74-52)44-30-32-46-48(42-44)60(70)66(58(46)68)40-28-24-20-16-12-8-4/h29-36,41-42H,5-28,37-40H2,1-4H3. The van der Waals surface area contributed by atoms with E-state index in [4.69, 9.17) is 0 Å². The molecular formula is C62H78N4O6S2. The van der Waals surface area contributed by atoms with Crippen LogP contribution in [-0.2, 0) is 9.59 Å². The molecule has 12 heteroatoms. The molecule has 0 spiro atoms. The zero-order valence-electron chi connectivity index (χ0n) is 44.6. The molecule has 0 saturated heterocycles. The lowest BCUT2D eigenvalue weighted by Gasteiger charge is -2.24. The van der Waals surface area contributed by atoms with Crippen LogP contribution in [0.5, 0.6) is 0 Å². The van der Waals surface area contributed by atoms with Gasteiger partial charge in [-0.1, -0.05) is 168 Å². The van der Waals surface area contributed by atoms with Crippen molar-refractivity contribution in [3.05, 3.63) is 104 Å². The minimum atomic E-state index is -0.250. The summed E-state index contributed by atoms with van der Waals surface area (Å²) in [6.45, 7) is 10.6. The minimum Gasteiger partial charge on any atom is -0.306 e. The van der Waals surface area contributed by atoms with Gasteiger partial charge in [-0.25, -0.2) is 0 Å². The maximum atomic E-state index is 15.3. The van der Waals surface area contributed by atoms with Crippen molar-refractivity contribution in [3.8, 4) is 20.9 Å². The Balaban J connectivity index is 1.11. The van der Waals surface area contributed by atoms with Crippen molar-refractivity contribution in [1.82, 2.24) is 19.6 Å². The molecule has 0 bridgehead atoms. The third kappa shape index (κ3) is 12.0. The average molecular weight is 1040 g/mol. The molecule has 0 saturated carbocycles. The van der Waals surface area contributed by atoms with Crippen LogP contribution in [0.2, 0.25) is 0 Å². The van der Waals surface area contributed by atoms with E-state index >= 15 is 9.59 Å². The number of rotatable bonds is 32.